The molecule has 0 aliphatic carbocycles. The second-order valence-electron chi connectivity index (χ2n) is 2.62. The van der Waals surface area contributed by atoms with Crippen LogP contribution in [0.5, 0.6) is 0 Å². The lowest BCUT2D eigenvalue weighted by Gasteiger charge is -2.06. The van der Waals surface area contributed by atoms with E-state index in [1.54, 1.807) is 19.2 Å². The average Bonchev–Trinajstić information content (AvgIpc) is 2.28. The molecule has 0 aliphatic heterocycles. The van der Waals surface area contributed by atoms with Crippen molar-refractivity contribution in [3.63, 3.8) is 0 Å². The number of aromatic nitrogens is 1. The van der Waals surface area contributed by atoms with Gasteiger partial charge in [-0.15, -0.1) is 0 Å². The predicted octanol–water partition coefficient (Wildman–Crippen LogP) is 0.718. The van der Waals surface area contributed by atoms with Gasteiger partial charge in [0.1, 0.15) is 11.4 Å². The van der Waals surface area contributed by atoms with Crippen molar-refractivity contribution in [2.24, 2.45) is 5.16 Å². The number of ether oxygens (including phenoxy) is 1. The molecule has 0 bridgehead atoms. The van der Waals surface area contributed by atoms with Crippen molar-refractivity contribution in [3.8, 4) is 0 Å². The molecule has 80 valence electrons. The Labute approximate surface area is 86.6 Å². The molecule has 6 heteroatoms. The van der Waals surface area contributed by atoms with Crippen LogP contribution >= 0.6 is 0 Å². The molecule has 0 saturated carbocycles. The summed E-state index contributed by atoms with van der Waals surface area (Å²) in [5.74, 6) is -0.0985. The molecule has 0 fully saturated rings. The van der Waals surface area contributed by atoms with E-state index in [1.165, 1.54) is 13.3 Å². The maximum absolute atomic E-state index is 11.3. The van der Waals surface area contributed by atoms with Crippen molar-refractivity contribution < 1.29 is 14.7 Å². The fourth-order valence-electron chi connectivity index (χ4n) is 1.07. The number of anilines is 1. The summed E-state index contributed by atoms with van der Waals surface area (Å²) in [7, 11) is 2.93. The second-order valence-corrected chi connectivity index (χ2v) is 2.62. The summed E-state index contributed by atoms with van der Waals surface area (Å²) in [6, 6.07) is 3.09. The minimum Gasteiger partial charge on any atom is -0.465 e. The van der Waals surface area contributed by atoms with Gasteiger partial charge in [-0.05, 0) is 12.1 Å². The molecule has 1 aromatic heterocycles. The highest BCUT2D eigenvalue weighted by molar-refractivity contribution is 5.95. The fourth-order valence-corrected chi connectivity index (χ4v) is 1.07. The van der Waals surface area contributed by atoms with Crippen LogP contribution in [0.4, 0.5) is 5.82 Å². The van der Waals surface area contributed by atoms with Gasteiger partial charge < -0.3 is 15.3 Å². The van der Waals surface area contributed by atoms with Crippen LogP contribution in [-0.2, 0) is 4.74 Å². The standard InChI is InChI=1S/C9H11N3O3/c1-10-8-7(9(13)15-2)4-3-6(12-8)5-11-14/h3-5,14H,1-2H3,(H,10,12)/b11-5+. The lowest BCUT2D eigenvalue weighted by atomic mass is 10.2. The number of pyridine rings is 1. The molecule has 0 saturated heterocycles. The minimum absolute atomic E-state index is 0.329. The van der Waals surface area contributed by atoms with E-state index in [0.717, 1.165) is 0 Å². The van der Waals surface area contributed by atoms with E-state index >= 15 is 0 Å². The third kappa shape index (κ3) is 2.43. The van der Waals surface area contributed by atoms with Crippen LogP contribution in [0.25, 0.3) is 0 Å². The summed E-state index contributed by atoms with van der Waals surface area (Å²) in [4.78, 5) is 15.3. The largest absolute Gasteiger partial charge is 0.465 e. The van der Waals surface area contributed by atoms with E-state index in [4.69, 9.17) is 5.21 Å². The monoisotopic (exact) mass is 209 g/mol. The SMILES string of the molecule is CNc1nc(/C=N/O)ccc1C(=O)OC. The lowest BCUT2D eigenvalue weighted by molar-refractivity contribution is 0.0601. The Morgan fingerprint density at radius 3 is 2.93 bits per heavy atom. The van der Waals surface area contributed by atoms with Crippen molar-refractivity contribution in [2.45, 2.75) is 0 Å². The highest BCUT2D eigenvalue weighted by Gasteiger charge is 2.12. The molecule has 6 nitrogen and oxygen atoms in total. The number of hydrogen-bond acceptors (Lipinski definition) is 6. The number of rotatable bonds is 3. The van der Waals surface area contributed by atoms with Gasteiger partial charge in [-0.1, -0.05) is 5.16 Å². The van der Waals surface area contributed by atoms with E-state index in [0.29, 0.717) is 17.1 Å². The molecule has 0 aromatic carbocycles. The smallest absolute Gasteiger partial charge is 0.341 e. The lowest BCUT2D eigenvalue weighted by Crippen LogP contribution is -2.08. The van der Waals surface area contributed by atoms with Gasteiger partial charge in [-0.25, -0.2) is 9.78 Å². The van der Waals surface area contributed by atoms with Crippen LogP contribution in [0.1, 0.15) is 16.1 Å². The number of methoxy groups -OCH3 is 1. The molecular weight excluding hydrogens is 198 g/mol. The number of esters is 1. The molecule has 1 aromatic rings. The van der Waals surface area contributed by atoms with Gasteiger partial charge in [0.15, 0.2) is 0 Å². The van der Waals surface area contributed by atoms with Crippen LogP contribution in [0, 0.1) is 0 Å². The number of nitrogens with zero attached hydrogens (tertiary/aromatic N) is 2. The molecule has 0 radical (unpaired) electrons. The molecular formula is C9H11N3O3. The number of carbonyl (C=O) groups excluding carboxylic acids is 1. The van der Waals surface area contributed by atoms with Gasteiger partial charge >= 0.3 is 5.97 Å². The summed E-state index contributed by atoms with van der Waals surface area (Å²) in [6.45, 7) is 0. The first-order valence-electron chi connectivity index (χ1n) is 4.17. The van der Waals surface area contributed by atoms with Crippen LogP contribution < -0.4 is 5.32 Å². The summed E-state index contributed by atoms with van der Waals surface area (Å²) >= 11 is 0. The first kappa shape index (κ1) is 11.0. The molecule has 0 aliphatic rings. The molecule has 1 rings (SSSR count). The van der Waals surface area contributed by atoms with E-state index in [2.05, 4.69) is 20.2 Å². The van der Waals surface area contributed by atoms with E-state index < -0.39 is 5.97 Å². The van der Waals surface area contributed by atoms with Crippen LogP contribution in [0.2, 0.25) is 0 Å². The number of carbonyl (C=O) groups is 1. The van der Waals surface area contributed by atoms with Gasteiger partial charge in [0.25, 0.3) is 0 Å². The summed E-state index contributed by atoms with van der Waals surface area (Å²) < 4.78 is 4.58. The molecule has 0 spiro atoms. The first-order valence-corrected chi connectivity index (χ1v) is 4.17. The summed E-state index contributed by atoms with van der Waals surface area (Å²) in [5.41, 5.74) is 0.768. The zero-order chi connectivity index (χ0) is 11.3. The highest BCUT2D eigenvalue weighted by atomic mass is 16.5. The zero-order valence-electron chi connectivity index (χ0n) is 8.39. The van der Waals surface area contributed by atoms with E-state index in [1.807, 2.05) is 0 Å². The Balaban J connectivity index is 3.14. The number of oxime groups is 1. The summed E-state index contributed by atoms with van der Waals surface area (Å²) in [5, 5.41) is 13.9. The first-order chi connectivity index (χ1) is 7.22. The quantitative estimate of drug-likeness (QED) is 0.331. The van der Waals surface area contributed by atoms with Crippen molar-refractivity contribution in [1.29, 1.82) is 0 Å². The van der Waals surface area contributed by atoms with Gasteiger partial charge in [0.05, 0.1) is 19.0 Å². The third-order valence-corrected chi connectivity index (χ3v) is 1.75. The Hall–Kier alpha value is -2.11. The van der Waals surface area contributed by atoms with Crippen LogP contribution in [0.3, 0.4) is 0 Å². The van der Waals surface area contributed by atoms with Crippen LogP contribution in [0.15, 0.2) is 17.3 Å². The maximum atomic E-state index is 11.3. The van der Waals surface area contributed by atoms with Crippen molar-refractivity contribution in [2.75, 3.05) is 19.5 Å². The third-order valence-electron chi connectivity index (χ3n) is 1.75. The van der Waals surface area contributed by atoms with Gasteiger partial charge in [0, 0.05) is 7.05 Å². The number of hydrogen-bond donors (Lipinski definition) is 2. The summed E-state index contributed by atoms with van der Waals surface area (Å²) in [6.07, 6.45) is 1.17. The van der Waals surface area contributed by atoms with Crippen LogP contribution in [-0.4, -0.2) is 36.5 Å². The zero-order valence-corrected chi connectivity index (χ0v) is 8.39. The van der Waals surface area contributed by atoms with Crippen molar-refractivity contribution in [3.05, 3.63) is 23.4 Å². The molecule has 0 atom stereocenters. The molecule has 0 unspecified atom stereocenters. The van der Waals surface area contributed by atoms with Gasteiger partial charge in [-0.2, -0.15) is 0 Å². The topological polar surface area (TPSA) is 83.8 Å². The molecule has 2 N–H and O–H groups in total. The number of nitrogens with one attached hydrogen (secondary N) is 1. The Morgan fingerprint density at radius 2 is 2.40 bits per heavy atom. The maximum Gasteiger partial charge on any atom is 0.341 e. The molecule has 0 amide bonds. The van der Waals surface area contributed by atoms with E-state index in [9.17, 15) is 4.79 Å². The highest BCUT2D eigenvalue weighted by Crippen LogP contribution is 2.13. The fraction of sp³-hybridized carbons (Fsp3) is 0.222. The Bertz CT molecular complexity index is 390. The average molecular weight is 209 g/mol. The van der Waals surface area contributed by atoms with Crippen molar-refractivity contribution >= 4 is 18.0 Å². The molecule has 15 heavy (non-hydrogen) atoms. The normalized spacial score (nSPS) is 10.3. The Morgan fingerprint density at radius 1 is 1.67 bits per heavy atom. The van der Waals surface area contributed by atoms with Gasteiger partial charge in [-0.3, -0.25) is 0 Å². The second kappa shape index (κ2) is 4.94. The Kier molecular flexibility index (Phi) is 3.61. The van der Waals surface area contributed by atoms with Gasteiger partial charge in [0.2, 0.25) is 0 Å². The van der Waals surface area contributed by atoms with Crippen molar-refractivity contribution in [1.82, 2.24) is 4.98 Å². The predicted molar refractivity (Wildman–Crippen MR) is 54.5 cm³/mol. The van der Waals surface area contributed by atoms with E-state index in [-0.39, 0.29) is 0 Å². The molecule has 1 heterocycles. The minimum atomic E-state index is -0.473.